The molecule has 1 heterocycles. The van der Waals surface area contributed by atoms with Crippen molar-refractivity contribution < 1.29 is 22.5 Å². The number of rotatable bonds is 2. The van der Waals surface area contributed by atoms with Crippen molar-refractivity contribution in [3.05, 3.63) is 29.8 Å². The van der Waals surface area contributed by atoms with Crippen LogP contribution in [-0.2, 0) is 19.6 Å². The minimum Gasteiger partial charge on any atom is -0.457 e. The molecule has 1 aromatic rings. The van der Waals surface area contributed by atoms with Crippen molar-refractivity contribution in [1.29, 1.82) is 0 Å². The summed E-state index contributed by atoms with van der Waals surface area (Å²) < 4.78 is 35.0. The highest BCUT2D eigenvalue weighted by molar-refractivity contribution is 7.85. The third kappa shape index (κ3) is 2.00. The zero-order valence-electron chi connectivity index (χ0n) is 7.58. The second kappa shape index (κ2) is 3.32. The quantitative estimate of drug-likeness (QED) is 0.601. The summed E-state index contributed by atoms with van der Waals surface area (Å²) in [5.41, 5.74) is 0.724. The minimum atomic E-state index is -4.15. The van der Waals surface area contributed by atoms with Crippen LogP contribution in [0.1, 0.15) is 18.1 Å². The molecule has 0 aromatic heterocycles. The van der Waals surface area contributed by atoms with Gasteiger partial charge in [-0.1, -0.05) is 12.1 Å². The van der Waals surface area contributed by atoms with Crippen LogP contribution in [0.15, 0.2) is 29.2 Å². The van der Waals surface area contributed by atoms with Crippen LogP contribution in [0.25, 0.3) is 0 Å². The van der Waals surface area contributed by atoms with Crippen LogP contribution >= 0.6 is 0 Å². The van der Waals surface area contributed by atoms with Crippen LogP contribution in [0.3, 0.4) is 0 Å². The standard InChI is InChI=1S/C9H8O5S/c10-9-5-8(14-9)6-1-3-7(4-2-6)15(11,12)13/h1-4,8H,5H2,(H,11,12,13). The van der Waals surface area contributed by atoms with Crippen molar-refractivity contribution in [3.8, 4) is 0 Å². The number of ether oxygens (including phenoxy) is 1. The first-order valence-corrected chi connectivity index (χ1v) is 5.68. The van der Waals surface area contributed by atoms with Gasteiger partial charge in [0.2, 0.25) is 0 Å². The van der Waals surface area contributed by atoms with Gasteiger partial charge in [0.1, 0.15) is 6.10 Å². The van der Waals surface area contributed by atoms with E-state index in [4.69, 9.17) is 9.29 Å². The summed E-state index contributed by atoms with van der Waals surface area (Å²) in [6.07, 6.45) is 0.0264. The van der Waals surface area contributed by atoms with E-state index in [1.807, 2.05) is 0 Å². The maximum absolute atomic E-state index is 10.7. The second-order valence-corrected chi connectivity index (χ2v) is 4.65. The molecule has 1 unspecified atom stereocenters. The van der Waals surface area contributed by atoms with E-state index >= 15 is 0 Å². The highest BCUT2D eigenvalue weighted by Crippen LogP contribution is 2.30. The highest BCUT2D eigenvalue weighted by Gasteiger charge is 2.29. The van der Waals surface area contributed by atoms with Crippen LogP contribution in [0.5, 0.6) is 0 Å². The van der Waals surface area contributed by atoms with E-state index in [9.17, 15) is 13.2 Å². The molecule has 0 radical (unpaired) electrons. The molecule has 0 aliphatic carbocycles. The number of carbonyl (C=O) groups excluding carboxylic acids is 1. The van der Waals surface area contributed by atoms with Gasteiger partial charge in [-0.2, -0.15) is 8.42 Å². The Morgan fingerprint density at radius 3 is 2.20 bits per heavy atom. The van der Waals surface area contributed by atoms with Crippen LogP contribution < -0.4 is 0 Å². The molecule has 1 aliphatic heterocycles. The zero-order chi connectivity index (χ0) is 11.1. The molecule has 0 saturated carbocycles. The first kappa shape index (κ1) is 10.1. The second-order valence-electron chi connectivity index (χ2n) is 3.23. The molecule has 1 N–H and O–H groups in total. The molecule has 1 aromatic carbocycles. The van der Waals surface area contributed by atoms with Gasteiger partial charge in [-0.3, -0.25) is 9.35 Å². The lowest BCUT2D eigenvalue weighted by Gasteiger charge is -2.25. The maximum atomic E-state index is 10.7. The van der Waals surface area contributed by atoms with E-state index in [2.05, 4.69) is 0 Å². The smallest absolute Gasteiger partial charge is 0.310 e. The molecule has 80 valence electrons. The largest absolute Gasteiger partial charge is 0.457 e. The zero-order valence-corrected chi connectivity index (χ0v) is 8.40. The Balaban J connectivity index is 2.21. The summed E-state index contributed by atoms with van der Waals surface area (Å²) in [6, 6.07) is 5.58. The Labute approximate surface area is 86.4 Å². The third-order valence-electron chi connectivity index (χ3n) is 2.18. The van der Waals surface area contributed by atoms with Crippen molar-refractivity contribution >= 4 is 16.1 Å². The summed E-state index contributed by atoms with van der Waals surface area (Å²) in [5, 5.41) is 0. The summed E-state index contributed by atoms with van der Waals surface area (Å²) in [5.74, 6) is -0.265. The molecule has 0 spiro atoms. The Morgan fingerprint density at radius 1 is 1.27 bits per heavy atom. The van der Waals surface area contributed by atoms with E-state index in [0.717, 1.165) is 5.56 Å². The van der Waals surface area contributed by atoms with Gasteiger partial charge in [-0.25, -0.2) is 0 Å². The van der Waals surface area contributed by atoms with Crippen molar-refractivity contribution in [2.24, 2.45) is 0 Å². The fourth-order valence-corrected chi connectivity index (χ4v) is 1.82. The Hall–Kier alpha value is -1.40. The first-order valence-electron chi connectivity index (χ1n) is 4.24. The lowest BCUT2D eigenvalue weighted by atomic mass is 10.0. The highest BCUT2D eigenvalue weighted by atomic mass is 32.2. The molecule has 1 fully saturated rings. The van der Waals surface area contributed by atoms with Gasteiger partial charge in [-0.15, -0.1) is 0 Å². The van der Waals surface area contributed by atoms with Crippen LogP contribution in [0, 0.1) is 0 Å². The molecule has 5 nitrogen and oxygen atoms in total. The molecule has 1 atom stereocenters. The number of hydrogen-bond donors (Lipinski definition) is 1. The lowest BCUT2D eigenvalue weighted by Crippen LogP contribution is -2.25. The van der Waals surface area contributed by atoms with E-state index < -0.39 is 10.1 Å². The summed E-state index contributed by atoms with van der Waals surface area (Å²) >= 11 is 0. The van der Waals surface area contributed by atoms with Crippen molar-refractivity contribution in [1.82, 2.24) is 0 Å². The van der Waals surface area contributed by atoms with E-state index in [-0.39, 0.29) is 17.0 Å². The van der Waals surface area contributed by atoms with Crippen LogP contribution in [0.4, 0.5) is 0 Å². The van der Waals surface area contributed by atoms with E-state index in [1.54, 1.807) is 0 Å². The molecular weight excluding hydrogens is 220 g/mol. The molecular formula is C9H8O5S. The van der Waals surface area contributed by atoms with Crippen molar-refractivity contribution in [2.75, 3.05) is 0 Å². The van der Waals surface area contributed by atoms with Gasteiger partial charge in [0.15, 0.2) is 0 Å². The van der Waals surface area contributed by atoms with Gasteiger partial charge >= 0.3 is 5.97 Å². The van der Waals surface area contributed by atoms with Crippen molar-refractivity contribution in [3.63, 3.8) is 0 Å². The molecule has 1 saturated heterocycles. The number of benzene rings is 1. The molecule has 1 aliphatic rings. The summed E-state index contributed by atoms with van der Waals surface area (Å²) in [6.45, 7) is 0. The topological polar surface area (TPSA) is 80.7 Å². The van der Waals surface area contributed by atoms with E-state index in [0.29, 0.717) is 6.42 Å². The van der Waals surface area contributed by atoms with Crippen LogP contribution in [0.2, 0.25) is 0 Å². The molecule has 2 rings (SSSR count). The van der Waals surface area contributed by atoms with Gasteiger partial charge in [0, 0.05) is 0 Å². The first-order chi connectivity index (χ1) is 6.97. The average Bonchev–Trinajstić information content (AvgIpc) is 2.12. The Bertz CT molecular complexity index is 480. The van der Waals surface area contributed by atoms with Gasteiger partial charge in [0.25, 0.3) is 10.1 Å². The molecule has 6 heteroatoms. The van der Waals surface area contributed by atoms with Gasteiger partial charge < -0.3 is 4.74 Å². The lowest BCUT2D eigenvalue weighted by molar-refractivity contribution is -0.170. The maximum Gasteiger partial charge on any atom is 0.310 e. The molecule has 0 bridgehead atoms. The number of carbonyl (C=O) groups is 1. The predicted octanol–water partition coefficient (Wildman–Crippen LogP) is 0.921. The number of cyclic esters (lactones) is 1. The average molecular weight is 228 g/mol. The summed E-state index contributed by atoms with van der Waals surface area (Å²) in [4.78, 5) is 10.4. The van der Waals surface area contributed by atoms with Crippen LogP contribution in [-0.4, -0.2) is 18.9 Å². The fourth-order valence-electron chi connectivity index (χ4n) is 1.34. The minimum absolute atomic E-state index is 0.170. The molecule has 0 amide bonds. The SMILES string of the molecule is O=C1CC(c2ccc(S(=O)(=O)O)cc2)O1. The Kier molecular flexibility index (Phi) is 2.24. The Morgan fingerprint density at radius 2 is 1.80 bits per heavy atom. The summed E-state index contributed by atoms with van der Waals surface area (Å²) in [7, 11) is -4.15. The number of hydrogen-bond acceptors (Lipinski definition) is 4. The third-order valence-corrected chi connectivity index (χ3v) is 3.04. The molecule has 15 heavy (non-hydrogen) atoms. The predicted molar refractivity (Wildman–Crippen MR) is 49.7 cm³/mol. The van der Waals surface area contributed by atoms with Gasteiger partial charge in [-0.05, 0) is 17.7 Å². The van der Waals surface area contributed by atoms with E-state index in [1.165, 1.54) is 24.3 Å². The normalized spacial score (nSPS) is 20.6. The monoisotopic (exact) mass is 228 g/mol. The van der Waals surface area contributed by atoms with Gasteiger partial charge in [0.05, 0.1) is 11.3 Å². The fraction of sp³-hybridized carbons (Fsp3) is 0.222. The van der Waals surface area contributed by atoms with Crippen molar-refractivity contribution in [2.45, 2.75) is 17.4 Å². The number of esters is 1.